The average Bonchev–Trinajstić information content (AvgIpc) is 2.76. The second kappa shape index (κ2) is 7.75. The summed E-state index contributed by atoms with van der Waals surface area (Å²) in [6.45, 7) is -0.0736. The Balaban J connectivity index is 1.58. The first-order valence-electron chi connectivity index (χ1n) is 9.04. The molecule has 1 amide bonds. The minimum absolute atomic E-state index is 0.0509. The largest absolute Gasteiger partial charge is 0.363 e. The number of piperazine rings is 1. The second-order valence-electron chi connectivity index (χ2n) is 6.84. The predicted molar refractivity (Wildman–Crippen MR) is 103 cm³/mol. The number of benzene rings is 3. The molecule has 0 atom stereocenters. The molecule has 3 nitrogen and oxygen atoms in total. The highest BCUT2D eigenvalue weighted by molar-refractivity contribution is 6.36. The monoisotopic (exact) mass is 440 g/mol. The minimum atomic E-state index is -2.20. The van der Waals surface area contributed by atoms with Crippen LogP contribution in [0.1, 0.15) is 10.4 Å². The van der Waals surface area contributed by atoms with Crippen LogP contribution in [-0.4, -0.2) is 37.0 Å². The van der Waals surface area contributed by atoms with Crippen LogP contribution in [0.3, 0.4) is 0 Å². The number of anilines is 1. The van der Waals surface area contributed by atoms with Crippen molar-refractivity contribution in [3.63, 3.8) is 0 Å². The molecule has 30 heavy (non-hydrogen) atoms. The zero-order valence-electron chi connectivity index (χ0n) is 15.4. The molecule has 9 heteroatoms. The van der Waals surface area contributed by atoms with Gasteiger partial charge < -0.3 is 9.80 Å². The van der Waals surface area contributed by atoms with Crippen molar-refractivity contribution >= 4 is 34.0 Å². The van der Waals surface area contributed by atoms with Gasteiger partial charge in [-0.25, -0.2) is 22.0 Å². The Bertz CT molecular complexity index is 1130. The van der Waals surface area contributed by atoms with Crippen LogP contribution in [0.5, 0.6) is 0 Å². The predicted octanol–water partition coefficient (Wildman–Crippen LogP) is 5.15. The summed E-state index contributed by atoms with van der Waals surface area (Å²) < 4.78 is 68.4. The Labute approximate surface area is 173 Å². The molecule has 1 aliphatic rings. The van der Waals surface area contributed by atoms with Gasteiger partial charge in [0.1, 0.15) is 5.69 Å². The summed E-state index contributed by atoms with van der Waals surface area (Å²) in [7, 11) is 0. The lowest BCUT2D eigenvalue weighted by atomic mass is 10.0. The highest BCUT2D eigenvalue weighted by Gasteiger charge is 2.32. The van der Waals surface area contributed by atoms with Crippen LogP contribution in [0.2, 0.25) is 5.02 Å². The number of amides is 1. The van der Waals surface area contributed by atoms with E-state index in [0.29, 0.717) is 21.4 Å². The molecule has 0 aliphatic carbocycles. The summed E-state index contributed by atoms with van der Waals surface area (Å²) in [4.78, 5) is 15.5. The third-order valence-electron chi connectivity index (χ3n) is 5.17. The van der Waals surface area contributed by atoms with Gasteiger partial charge in [-0.05, 0) is 17.5 Å². The van der Waals surface area contributed by atoms with Crippen molar-refractivity contribution in [3.8, 4) is 0 Å². The fourth-order valence-electron chi connectivity index (χ4n) is 3.63. The maximum absolute atomic E-state index is 14.1. The number of carbonyl (C=O) groups is 1. The summed E-state index contributed by atoms with van der Waals surface area (Å²) in [6, 6.07) is 10.3. The van der Waals surface area contributed by atoms with E-state index in [-0.39, 0.29) is 32.1 Å². The molecule has 0 spiro atoms. The molecule has 3 aromatic carbocycles. The summed E-state index contributed by atoms with van der Waals surface area (Å²) in [6.07, 6.45) is 0. The van der Waals surface area contributed by atoms with E-state index >= 15 is 0 Å². The maximum Gasteiger partial charge on any atom is 0.254 e. The van der Waals surface area contributed by atoms with E-state index in [4.69, 9.17) is 11.6 Å². The van der Waals surface area contributed by atoms with Crippen LogP contribution in [-0.2, 0) is 0 Å². The van der Waals surface area contributed by atoms with Crippen molar-refractivity contribution in [3.05, 3.63) is 76.1 Å². The maximum atomic E-state index is 14.1. The van der Waals surface area contributed by atoms with Crippen molar-refractivity contribution in [1.29, 1.82) is 0 Å². The molecule has 1 fully saturated rings. The molecule has 156 valence electrons. The smallest absolute Gasteiger partial charge is 0.254 e. The Kier molecular flexibility index (Phi) is 5.27. The van der Waals surface area contributed by atoms with E-state index in [9.17, 15) is 26.7 Å². The van der Waals surface area contributed by atoms with Gasteiger partial charge in [-0.3, -0.25) is 4.79 Å². The molecule has 0 N–H and O–H groups in total. The molecule has 1 heterocycles. The SMILES string of the molecule is O=C(c1cccc2c(Cl)cccc12)N1CCN(c2c(F)c(F)c(F)c(F)c2F)CC1. The molecule has 0 radical (unpaired) electrons. The molecule has 4 rings (SSSR count). The Hall–Kier alpha value is -2.87. The lowest BCUT2D eigenvalue weighted by Gasteiger charge is -2.36. The number of hydrogen-bond donors (Lipinski definition) is 0. The Morgan fingerprint density at radius 3 is 1.90 bits per heavy atom. The van der Waals surface area contributed by atoms with E-state index in [2.05, 4.69) is 0 Å². The summed E-state index contributed by atoms with van der Waals surface area (Å²) in [5.41, 5.74) is -0.560. The zero-order valence-corrected chi connectivity index (χ0v) is 16.1. The van der Waals surface area contributed by atoms with Crippen LogP contribution in [0.15, 0.2) is 36.4 Å². The van der Waals surface area contributed by atoms with Crippen LogP contribution in [0, 0.1) is 29.1 Å². The highest BCUT2D eigenvalue weighted by atomic mass is 35.5. The van der Waals surface area contributed by atoms with Gasteiger partial charge in [-0.1, -0.05) is 35.9 Å². The summed E-state index contributed by atoms with van der Waals surface area (Å²) >= 11 is 6.18. The fraction of sp³-hybridized carbons (Fsp3) is 0.190. The second-order valence-corrected chi connectivity index (χ2v) is 7.25. The quantitative estimate of drug-likeness (QED) is 0.312. The van der Waals surface area contributed by atoms with Gasteiger partial charge >= 0.3 is 0 Å². The van der Waals surface area contributed by atoms with Gasteiger partial charge in [0.05, 0.1) is 0 Å². The van der Waals surface area contributed by atoms with Gasteiger partial charge in [0.25, 0.3) is 5.91 Å². The molecule has 0 saturated carbocycles. The van der Waals surface area contributed by atoms with Crippen LogP contribution < -0.4 is 4.90 Å². The van der Waals surface area contributed by atoms with Crippen LogP contribution in [0.4, 0.5) is 27.6 Å². The molecule has 0 unspecified atom stereocenters. The van der Waals surface area contributed by atoms with Gasteiger partial charge in [0.15, 0.2) is 23.3 Å². The topological polar surface area (TPSA) is 23.6 Å². The van der Waals surface area contributed by atoms with E-state index < -0.39 is 34.8 Å². The number of carbonyl (C=O) groups excluding carboxylic acids is 1. The third kappa shape index (κ3) is 3.25. The number of fused-ring (bicyclic) bond motifs is 1. The number of halogens is 6. The Morgan fingerprint density at radius 2 is 1.27 bits per heavy atom. The molecule has 0 bridgehead atoms. The molecule has 1 saturated heterocycles. The van der Waals surface area contributed by atoms with Gasteiger partial charge in [0, 0.05) is 42.2 Å². The number of hydrogen-bond acceptors (Lipinski definition) is 2. The van der Waals surface area contributed by atoms with Gasteiger partial charge in [-0.15, -0.1) is 0 Å². The van der Waals surface area contributed by atoms with Crippen molar-refractivity contribution < 1.29 is 26.7 Å². The average molecular weight is 441 g/mol. The van der Waals surface area contributed by atoms with Gasteiger partial charge in [0.2, 0.25) is 5.82 Å². The van der Waals surface area contributed by atoms with E-state index in [0.717, 1.165) is 4.90 Å². The van der Waals surface area contributed by atoms with Crippen LogP contribution in [0.25, 0.3) is 10.8 Å². The standard InChI is InChI=1S/C21H14ClF5N2O/c22-14-6-2-3-11-12(14)4-1-5-13(11)21(30)29-9-7-28(8-10-29)20-18(26)16(24)15(23)17(25)19(20)27/h1-6H,7-10H2. The van der Waals surface area contributed by atoms with Crippen molar-refractivity contribution in [2.24, 2.45) is 0 Å². The van der Waals surface area contributed by atoms with Crippen molar-refractivity contribution in [2.45, 2.75) is 0 Å². The first-order chi connectivity index (χ1) is 14.3. The summed E-state index contributed by atoms with van der Waals surface area (Å²) in [5, 5.41) is 1.88. The number of nitrogens with zero attached hydrogens (tertiary/aromatic N) is 2. The third-order valence-corrected chi connectivity index (χ3v) is 5.50. The number of rotatable bonds is 2. The first-order valence-corrected chi connectivity index (χ1v) is 9.42. The van der Waals surface area contributed by atoms with Crippen LogP contribution >= 0.6 is 11.6 Å². The highest BCUT2D eigenvalue weighted by Crippen LogP contribution is 2.31. The van der Waals surface area contributed by atoms with Crippen molar-refractivity contribution in [1.82, 2.24) is 4.90 Å². The van der Waals surface area contributed by atoms with E-state index in [1.54, 1.807) is 36.4 Å². The lowest BCUT2D eigenvalue weighted by molar-refractivity contribution is 0.0748. The molecule has 0 aromatic heterocycles. The molecular formula is C21H14ClF5N2O. The fourth-order valence-corrected chi connectivity index (χ4v) is 3.87. The zero-order chi connectivity index (χ0) is 21.6. The van der Waals surface area contributed by atoms with Crippen molar-refractivity contribution in [2.75, 3.05) is 31.1 Å². The molecular weight excluding hydrogens is 427 g/mol. The first kappa shape index (κ1) is 20.4. The Morgan fingerprint density at radius 1 is 0.733 bits per heavy atom. The molecule has 1 aliphatic heterocycles. The summed E-state index contributed by atoms with van der Waals surface area (Å²) in [5.74, 6) is -10.2. The minimum Gasteiger partial charge on any atom is -0.363 e. The van der Waals surface area contributed by atoms with E-state index in [1.165, 1.54) is 4.90 Å². The van der Waals surface area contributed by atoms with Gasteiger partial charge in [-0.2, -0.15) is 0 Å². The molecule has 3 aromatic rings. The van der Waals surface area contributed by atoms with E-state index in [1.807, 2.05) is 0 Å². The normalized spacial score (nSPS) is 14.5. The lowest BCUT2D eigenvalue weighted by Crippen LogP contribution is -2.49.